The number of allylic oxidation sites excluding steroid dienone is 3. The Bertz CT molecular complexity index is 466. The van der Waals surface area contributed by atoms with Gasteiger partial charge < -0.3 is 9.84 Å². The van der Waals surface area contributed by atoms with Gasteiger partial charge in [-0.15, -0.1) is 0 Å². The maximum atomic E-state index is 9.39. The molecule has 1 unspecified atom stereocenters. The van der Waals surface area contributed by atoms with Gasteiger partial charge in [-0.3, -0.25) is 0 Å². The molecule has 1 aromatic rings. The first-order chi connectivity index (χ1) is 8.54. The molecule has 0 spiro atoms. The van der Waals surface area contributed by atoms with Gasteiger partial charge in [-0.1, -0.05) is 32.1 Å². The molecule has 0 aromatic heterocycles. The number of methoxy groups -OCH3 is 1. The van der Waals surface area contributed by atoms with Crippen molar-refractivity contribution in [3.05, 3.63) is 53.8 Å². The Morgan fingerprint density at radius 3 is 2.39 bits per heavy atom. The molecule has 0 fully saturated rings. The van der Waals surface area contributed by atoms with Crippen molar-refractivity contribution < 1.29 is 9.84 Å². The minimum absolute atomic E-state index is 0.0416. The average molecular weight is 244 g/mol. The lowest BCUT2D eigenvalue weighted by Gasteiger charge is -2.33. The Morgan fingerprint density at radius 1 is 1.22 bits per heavy atom. The van der Waals surface area contributed by atoms with Crippen LogP contribution in [0.5, 0.6) is 5.75 Å². The predicted octanol–water partition coefficient (Wildman–Crippen LogP) is 3.99. The van der Waals surface area contributed by atoms with Crippen LogP contribution >= 0.6 is 0 Å². The molecular weight excluding hydrogens is 224 g/mol. The van der Waals surface area contributed by atoms with Crippen molar-refractivity contribution in [2.75, 3.05) is 7.11 Å². The van der Waals surface area contributed by atoms with Crippen LogP contribution in [-0.2, 0) is 5.41 Å². The van der Waals surface area contributed by atoms with Gasteiger partial charge in [-0.05, 0) is 47.6 Å². The lowest BCUT2D eigenvalue weighted by molar-refractivity contribution is 0.362. The van der Waals surface area contributed by atoms with E-state index in [2.05, 4.69) is 32.1 Å². The summed E-state index contributed by atoms with van der Waals surface area (Å²) in [6.45, 7) is 4.47. The second-order valence-corrected chi connectivity index (χ2v) is 5.28. The number of ether oxygens (including phenoxy) is 1. The van der Waals surface area contributed by atoms with Crippen LogP contribution in [0.4, 0.5) is 0 Å². The van der Waals surface area contributed by atoms with Gasteiger partial charge in [0.05, 0.1) is 7.11 Å². The second-order valence-electron chi connectivity index (χ2n) is 5.28. The highest BCUT2D eigenvalue weighted by molar-refractivity contribution is 5.34. The molecule has 0 heterocycles. The molecule has 0 amide bonds. The summed E-state index contributed by atoms with van der Waals surface area (Å²) in [5.74, 6) is 1.66. The number of benzene rings is 1. The van der Waals surface area contributed by atoms with Crippen LogP contribution in [0.15, 0.2) is 48.3 Å². The Hall–Kier alpha value is -1.70. The molecule has 1 aliphatic rings. The summed E-state index contributed by atoms with van der Waals surface area (Å²) in [7, 11) is 1.68. The van der Waals surface area contributed by atoms with Crippen LogP contribution in [0.2, 0.25) is 0 Å². The second kappa shape index (κ2) is 4.89. The fraction of sp³-hybridized carbons (Fsp3) is 0.375. The van der Waals surface area contributed by atoms with Crippen molar-refractivity contribution >= 4 is 0 Å². The molecule has 0 bridgehead atoms. The van der Waals surface area contributed by atoms with Crippen LogP contribution in [0.25, 0.3) is 0 Å². The zero-order valence-corrected chi connectivity index (χ0v) is 11.2. The third-order valence-corrected chi connectivity index (χ3v) is 3.84. The summed E-state index contributed by atoms with van der Waals surface area (Å²) in [6, 6.07) is 8.23. The van der Waals surface area contributed by atoms with E-state index in [-0.39, 0.29) is 5.41 Å². The Balaban J connectivity index is 2.22. The zero-order valence-electron chi connectivity index (χ0n) is 11.2. The molecule has 0 saturated heterocycles. The summed E-state index contributed by atoms with van der Waals surface area (Å²) >= 11 is 0. The van der Waals surface area contributed by atoms with Crippen LogP contribution in [0, 0.1) is 5.92 Å². The first-order valence-corrected chi connectivity index (χ1v) is 6.26. The minimum atomic E-state index is 0.0416. The highest BCUT2D eigenvalue weighted by Crippen LogP contribution is 2.37. The fourth-order valence-electron chi connectivity index (χ4n) is 2.38. The van der Waals surface area contributed by atoms with E-state index in [0.29, 0.717) is 11.7 Å². The van der Waals surface area contributed by atoms with E-state index in [1.54, 1.807) is 13.2 Å². The molecular formula is C16H20O2. The van der Waals surface area contributed by atoms with Crippen molar-refractivity contribution in [1.29, 1.82) is 0 Å². The standard InChI is InChI=1S/C16H20O2/c1-16(2,12-4-8-14(17)9-5-12)13-6-10-15(18-3)11-7-13/h4,6-12,17H,5H2,1-3H3. The van der Waals surface area contributed by atoms with E-state index in [1.165, 1.54) is 5.56 Å². The SMILES string of the molecule is COc1ccc(C(C)(C)C2C=CC(O)=CC2)cc1. The van der Waals surface area contributed by atoms with Crippen LogP contribution in [-0.4, -0.2) is 12.2 Å². The quantitative estimate of drug-likeness (QED) is 0.871. The van der Waals surface area contributed by atoms with E-state index < -0.39 is 0 Å². The van der Waals surface area contributed by atoms with Crippen molar-refractivity contribution in [3.63, 3.8) is 0 Å². The van der Waals surface area contributed by atoms with E-state index in [0.717, 1.165) is 12.2 Å². The van der Waals surface area contributed by atoms with E-state index in [4.69, 9.17) is 4.74 Å². The Morgan fingerprint density at radius 2 is 1.89 bits per heavy atom. The van der Waals surface area contributed by atoms with Gasteiger partial charge in [0.25, 0.3) is 0 Å². The molecule has 2 heteroatoms. The van der Waals surface area contributed by atoms with Gasteiger partial charge in [0, 0.05) is 0 Å². The number of rotatable bonds is 3. The van der Waals surface area contributed by atoms with Gasteiger partial charge in [-0.25, -0.2) is 0 Å². The number of hydrogen-bond acceptors (Lipinski definition) is 2. The monoisotopic (exact) mass is 244 g/mol. The van der Waals surface area contributed by atoms with Gasteiger partial charge in [0.1, 0.15) is 11.5 Å². The van der Waals surface area contributed by atoms with E-state index >= 15 is 0 Å². The van der Waals surface area contributed by atoms with Crippen molar-refractivity contribution in [2.45, 2.75) is 25.7 Å². The van der Waals surface area contributed by atoms with Gasteiger partial charge >= 0.3 is 0 Å². The summed E-state index contributed by atoms with van der Waals surface area (Å²) < 4.78 is 5.18. The Kier molecular flexibility index (Phi) is 3.46. The summed E-state index contributed by atoms with van der Waals surface area (Å²) in [5, 5.41) is 9.39. The first kappa shape index (κ1) is 12.7. The first-order valence-electron chi connectivity index (χ1n) is 6.26. The predicted molar refractivity (Wildman–Crippen MR) is 74.0 cm³/mol. The highest BCUT2D eigenvalue weighted by Gasteiger charge is 2.30. The highest BCUT2D eigenvalue weighted by atomic mass is 16.5. The van der Waals surface area contributed by atoms with Crippen LogP contribution in [0.3, 0.4) is 0 Å². The summed E-state index contributed by atoms with van der Waals surface area (Å²) in [6.07, 6.45) is 6.65. The fourth-order valence-corrected chi connectivity index (χ4v) is 2.38. The lowest BCUT2D eigenvalue weighted by atomic mass is 9.71. The third-order valence-electron chi connectivity index (χ3n) is 3.84. The summed E-state index contributed by atoms with van der Waals surface area (Å²) in [5.41, 5.74) is 1.33. The average Bonchev–Trinajstić information content (AvgIpc) is 2.39. The van der Waals surface area contributed by atoms with Crippen molar-refractivity contribution in [2.24, 2.45) is 5.92 Å². The normalized spacial score (nSPS) is 19.5. The maximum absolute atomic E-state index is 9.39. The van der Waals surface area contributed by atoms with Crippen LogP contribution < -0.4 is 4.74 Å². The largest absolute Gasteiger partial charge is 0.508 e. The third kappa shape index (κ3) is 2.42. The van der Waals surface area contributed by atoms with Crippen molar-refractivity contribution in [3.8, 4) is 5.75 Å². The van der Waals surface area contributed by atoms with Crippen molar-refractivity contribution in [1.82, 2.24) is 0 Å². The maximum Gasteiger partial charge on any atom is 0.118 e. The molecule has 2 nitrogen and oxygen atoms in total. The van der Waals surface area contributed by atoms with E-state index in [1.807, 2.05) is 18.2 Å². The molecule has 18 heavy (non-hydrogen) atoms. The van der Waals surface area contributed by atoms with Gasteiger partial charge in [0.2, 0.25) is 0 Å². The number of aliphatic hydroxyl groups is 1. The number of hydrogen-bond donors (Lipinski definition) is 1. The molecule has 1 aromatic carbocycles. The topological polar surface area (TPSA) is 29.5 Å². The molecule has 0 radical (unpaired) electrons. The lowest BCUT2D eigenvalue weighted by Crippen LogP contribution is -2.28. The zero-order chi connectivity index (χ0) is 13.2. The molecule has 0 saturated carbocycles. The molecule has 0 aliphatic heterocycles. The van der Waals surface area contributed by atoms with E-state index in [9.17, 15) is 5.11 Å². The Labute approximate surface area is 109 Å². The van der Waals surface area contributed by atoms with Crippen LogP contribution in [0.1, 0.15) is 25.8 Å². The molecule has 96 valence electrons. The molecule has 1 aliphatic carbocycles. The van der Waals surface area contributed by atoms with Gasteiger partial charge in [-0.2, -0.15) is 0 Å². The smallest absolute Gasteiger partial charge is 0.118 e. The van der Waals surface area contributed by atoms with Gasteiger partial charge in [0.15, 0.2) is 0 Å². The molecule has 1 N–H and O–H groups in total. The molecule has 2 rings (SSSR count). The minimum Gasteiger partial charge on any atom is -0.508 e. The number of aliphatic hydroxyl groups excluding tert-OH is 1. The molecule has 1 atom stereocenters. The summed E-state index contributed by atoms with van der Waals surface area (Å²) in [4.78, 5) is 0.